The molecular formula is C7H12Ge. The normalized spacial score (nSPS) is 10.1. The van der Waals surface area contributed by atoms with Crippen LogP contribution in [-0.2, 0) is 0 Å². The van der Waals surface area contributed by atoms with Crippen LogP contribution in [0.15, 0.2) is 34.5 Å². The molecule has 0 nitrogen and oxygen atoms in total. The van der Waals surface area contributed by atoms with E-state index >= 15 is 0 Å². The average molecular weight is 169 g/mol. The van der Waals surface area contributed by atoms with Gasteiger partial charge in [-0.1, -0.05) is 0 Å². The van der Waals surface area contributed by atoms with Gasteiger partial charge in [-0.05, 0) is 0 Å². The SMILES string of the molecule is C=[CH][Ge]([CH3])([CH]=C)[CH]=C. The molecule has 0 N–H and O–H groups in total. The summed E-state index contributed by atoms with van der Waals surface area (Å²) >= 11 is -1.83. The van der Waals surface area contributed by atoms with Crippen molar-refractivity contribution in [1.29, 1.82) is 0 Å². The molecule has 0 aromatic heterocycles. The van der Waals surface area contributed by atoms with E-state index < -0.39 is 13.3 Å². The maximum atomic E-state index is 3.72. The van der Waals surface area contributed by atoms with Gasteiger partial charge in [0.25, 0.3) is 0 Å². The molecule has 8 heavy (non-hydrogen) atoms. The standard InChI is InChI=1S/C7H12Ge/c1-5-8(4,6-2)7-3/h5-7H,1-3H2,4H3. The van der Waals surface area contributed by atoms with Crippen LogP contribution >= 0.6 is 0 Å². The molecule has 0 aliphatic carbocycles. The van der Waals surface area contributed by atoms with Gasteiger partial charge < -0.3 is 0 Å². The Morgan fingerprint density at radius 1 is 1.00 bits per heavy atom. The summed E-state index contributed by atoms with van der Waals surface area (Å²) in [6, 6.07) is 0. The van der Waals surface area contributed by atoms with Crippen molar-refractivity contribution in [3.05, 3.63) is 34.5 Å². The molecule has 0 amide bonds. The van der Waals surface area contributed by atoms with Crippen molar-refractivity contribution in [3.63, 3.8) is 0 Å². The van der Waals surface area contributed by atoms with Crippen LogP contribution in [0.3, 0.4) is 0 Å². The van der Waals surface area contributed by atoms with E-state index in [-0.39, 0.29) is 0 Å². The fraction of sp³-hybridized carbons (Fsp3) is 0.143. The van der Waals surface area contributed by atoms with Gasteiger partial charge in [-0.15, -0.1) is 0 Å². The first-order chi connectivity index (χ1) is 3.68. The molecule has 0 radical (unpaired) electrons. The Morgan fingerprint density at radius 2 is 1.25 bits per heavy atom. The van der Waals surface area contributed by atoms with Crippen LogP contribution in [-0.4, -0.2) is 13.3 Å². The van der Waals surface area contributed by atoms with E-state index in [4.69, 9.17) is 0 Å². The molecule has 1 heteroatoms. The number of hydrogen-bond acceptors (Lipinski definition) is 0. The Morgan fingerprint density at radius 3 is 1.25 bits per heavy atom. The van der Waals surface area contributed by atoms with Gasteiger partial charge in [-0.2, -0.15) is 0 Å². The van der Waals surface area contributed by atoms with E-state index in [1.165, 1.54) is 0 Å². The maximum absolute atomic E-state index is 3.72. The zero-order valence-electron chi connectivity index (χ0n) is 5.35. The van der Waals surface area contributed by atoms with Gasteiger partial charge >= 0.3 is 53.5 Å². The molecule has 0 atom stereocenters. The molecule has 0 fully saturated rings. The first kappa shape index (κ1) is 7.76. The van der Waals surface area contributed by atoms with Gasteiger partial charge in [0.1, 0.15) is 0 Å². The van der Waals surface area contributed by atoms with Crippen molar-refractivity contribution in [2.45, 2.75) is 5.76 Å². The summed E-state index contributed by atoms with van der Waals surface area (Å²) < 4.78 is 0. The Labute approximate surface area is 54.0 Å². The minimum absolute atomic E-state index is 1.83. The van der Waals surface area contributed by atoms with Crippen LogP contribution in [0.1, 0.15) is 0 Å². The third-order valence-electron chi connectivity index (χ3n) is 1.32. The zero-order chi connectivity index (χ0) is 6.62. The van der Waals surface area contributed by atoms with E-state index in [2.05, 4.69) is 25.5 Å². The van der Waals surface area contributed by atoms with Crippen LogP contribution in [0.5, 0.6) is 0 Å². The summed E-state index contributed by atoms with van der Waals surface area (Å²) in [4.78, 5) is 6.00. The summed E-state index contributed by atoms with van der Waals surface area (Å²) in [5, 5.41) is 0. The monoisotopic (exact) mass is 170 g/mol. The summed E-state index contributed by atoms with van der Waals surface area (Å²) in [6.07, 6.45) is 0. The summed E-state index contributed by atoms with van der Waals surface area (Å²) in [6.45, 7) is 11.1. The first-order valence-electron chi connectivity index (χ1n) is 2.59. The Kier molecular flexibility index (Phi) is 2.84. The van der Waals surface area contributed by atoms with E-state index in [0.29, 0.717) is 0 Å². The van der Waals surface area contributed by atoms with Crippen LogP contribution in [0.25, 0.3) is 0 Å². The minimum atomic E-state index is -1.83. The molecule has 0 spiro atoms. The molecule has 0 saturated carbocycles. The van der Waals surface area contributed by atoms with E-state index in [1.807, 2.05) is 14.7 Å². The Hall–Kier alpha value is -0.237. The quantitative estimate of drug-likeness (QED) is 0.568. The van der Waals surface area contributed by atoms with Crippen molar-refractivity contribution >= 4 is 13.3 Å². The van der Waals surface area contributed by atoms with Crippen molar-refractivity contribution in [2.75, 3.05) is 0 Å². The summed E-state index contributed by atoms with van der Waals surface area (Å²) in [5.74, 6) is 2.19. The van der Waals surface area contributed by atoms with E-state index in [9.17, 15) is 0 Å². The van der Waals surface area contributed by atoms with Crippen LogP contribution in [0, 0.1) is 0 Å². The number of hydrogen-bond donors (Lipinski definition) is 0. The van der Waals surface area contributed by atoms with Gasteiger partial charge in [0.2, 0.25) is 0 Å². The van der Waals surface area contributed by atoms with Gasteiger partial charge in [-0.3, -0.25) is 0 Å². The van der Waals surface area contributed by atoms with Crippen molar-refractivity contribution in [2.24, 2.45) is 0 Å². The molecule has 0 aliphatic heterocycles. The summed E-state index contributed by atoms with van der Waals surface area (Å²) in [5.41, 5.74) is 0. The fourth-order valence-electron chi connectivity index (χ4n) is 0.250. The van der Waals surface area contributed by atoms with E-state index in [0.717, 1.165) is 0 Å². The Balaban J connectivity index is 4.18. The fourth-order valence-corrected chi connectivity index (χ4v) is 1.30. The second-order valence-corrected chi connectivity index (χ2v) is 10.3. The third kappa shape index (κ3) is 1.70. The molecule has 0 aromatic carbocycles. The van der Waals surface area contributed by atoms with Crippen molar-refractivity contribution < 1.29 is 0 Å². The van der Waals surface area contributed by atoms with Crippen molar-refractivity contribution in [3.8, 4) is 0 Å². The summed E-state index contributed by atoms with van der Waals surface area (Å²) in [7, 11) is 0. The van der Waals surface area contributed by atoms with Crippen LogP contribution in [0.2, 0.25) is 5.76 Å². The van der Waals surface area contributed by atoms with Gasteiger partial charge in [0.05, 0.1) is 0 Å². The number of rotatable bonds is 3. The van der Waals surface area contributed by atoms with Gasteiger partial charge in [0, 0.05) is 0 Å². The van der Waals surface area contributed by atoms with Crippen LogP contribution in [0.4, 0.5) is 0 Å². The predicted molar refractivity (Wildman–Crippen MR) is 42.2 cm³/mol. The molecule has 0 bridgehead atoms. The first-order valence-corrected chi connectivity index (χ1v) is 8.32. The van der Waals surface area contributed by atoms with Crippen molar-refractivity contribution in [1.82, 2.24) is 0 Å². The molecule has 0 unspecified atom stereocenters. The molecule has 0 aliphatic rings. The zero-order valence-corrected chi connectivity index (χ0v) is 7.45. The molecule has 0 heterocycles. The average Bonchev–Trinajstić information content (AvgIpc) is 1.87. The second kappa shape index (κ2) is 2.92. The molecule has 0 rings (SSSR count). The molecule has 0 saturated heterocycles. The molecular weight excluding hydrogens is 157 g/mol. The molecule has 0 aromatic rings. The third-order valence-corrected chi connectivity index (χ3v) is 6.86. The van der Waals surface area contributed by atoms with E-state index in [1.54, 1.807) is 0 Å². The molecule has 44 valence electrons. The topological polar surface area (TPSA) is 0 Å². The second-order valence-electron chi connectivity index (χ2n) is 1.98. The predicted octanol–water partition coefficient (Wildman–Crippen LogP) is 2.24. The van der Waals surface area contributed by atoms with Gasteiger partial charge in [-0.25, -0.2) is 0 Å². The van der Waals surface area contributed by atoms with Crippen LogP contribution < -0.4 is 0 Å². The Bertz CT molecular complexity index is 91.8. The van der Waals surface area contributed by atoms with Gasteiger partial charge in [0.15, 0.2) is 0 Å².